The van der Waals surface area contributed by atoms with Gasteiger partial charge in [-0.1, -0.05) is 35.5 Å². The van der Waals surface area contributed by atoms with Crippen LogP contribution in [0.15, 0.2) is 47.5 Å². The Labute approximate surface area is 174 Å². The maximum absolute atomic E-state index is 13.2. The number of carbonyl (C=O) groups excluding carboxylic acids is 3. The molecule has 7 nitrogen and oxygen atoms in total. The van der Waals surface area contributed by atoms with Gasteiger partial charge in [0, 0.05) is 6.42 Å². The van der Waals surface area contributed by atoms with Crippen molar-refractivity contribution in [3.05, 3.63) is 58.9 Å². The molecule has 3 rings (SSSR count). The number of amidine groups is 1. The number of ether oxygens (including phenoxy) is 1. The summed E-state index contributed by atoms with van der Waals surface area (Å²) < 4.78 is 17.9. The Hall–Kier alpha value is -2.91. The van der Waals surface area contributed by atoms with E-state index in [9.17, 15) is 18.8 Å². The molecule has 29 heavy (non-hydrogen) atoms. The number of carbonyl (C=O) groups is 3. The first-order valence-electron chi connectivity index (χ1n) is 8.36. The molecular formula is C19H15ClFN3O4S. The number of benzene rings is 2. The summed E-state index contributed by atoms with van der Waals surface area (Å²) in [6.45, 7) is 0. The van der Waals surface area contributed by atoms with Crippen LogP contribution in [-0.4, -0.2) is 35.3 Å². The second-order valence-corrected chi connectivity index (χ2v) is 7.50. The van der Waals surface area contributed by atoms with Crippen LogP contribution in [0.2, 0.25) is 5.02 Å². The van der Waals surface area contributed by atoms with E-state index >= 15 is 0 Å². The maximum Gasteiger partial charge on any atom is 0.339 e. The van der Waals surface area contributed by atoms with Gasteiger partial charge in [0.25, 0.3) is 0 Å². The number of hydrogen-bond acceptors (Lipinski definition) is 6. The molecule has 0 bridgehead atoms. The minimum atomic E-state index is -0.699. The van der Waals surface area contributed by atoms with Gasteiger partial charge in [-0.3, -0.25) is 9.59 Å². The highest BCUT2D eigenvalue weighted by atomic mass is 35.5. The van der Waals surface area contributed by atoms with Gasteiger partial charge >= 0.3 is 5.97 Å². The number of nitrogens with one attached hydrogen (secondary N) is 2. The van der Waals surface area contributed by atoms with E-state index in [0.717, 1.165) is 11.8 Å². The minimum absolute atomic E-state index is 0.0821. The number of anilines is 1. The molecule has 1 aliphatic rings. The van der Waals surface area contributed by atoms with Gasteiger partial charge < -0.3 is 15.4 Å². The fourth-order valence-electron chi connectivity index (χ4n) is 2.51. The number of esters is 1. The zero-order valence-corrected chi connectivity index (χ0v) is 16.6. The van der Waals surface area contributed by atoms with E-state index in [-0.39, 0.29) is 28.1 Å². The fourth-order valence-corrected chi connectivity index (χ4v) is 3.68. The van der Waals surface area contributed by atoms with E-state index in [4.69, 9.17) is 11.6 Å². The van der Waals surface area contributed by atoms with Crippen molar-refractivity contribution in [2.24, 2.45) is 4.99 Å². The number of para-hydroxylation sites is 1. The fraction of sp³-hybridized carbons (Fsp3) is 0.158. The number of amides is 2. The largest absolute Gasteiger partial charge is 0.465 e. The molecule has 2 aromatic carbocycles. The van der Waals surface area contributed by atoms with Crippen LogP contribution in [0.3, 0.4) is 0 Å². The Morgan fingerprint density at radius 2 is 2.07 bits per heavy atom. The molecule has 1 atom stereocenters. The van der Waals surface area contributed by atoms with Crippen molar-refractivity contribution >= 4 is 57.7 Å². The first-order valence-corrected chi connectivity index (χ1v) is 9.61. The van der Waals surface area contributed by atoms with Crippen molar-refractivity contribution in [3.63, 3.8) is 0 Å². The zero-order valence-electron chi connectivity index (χ0n) is 15.1. The van der Waals surface area contributed by atoms with Crippen LogP contribution in [0.5, 0.6) is 0 Å². The Morgan fingerprint density at radius 1 is 1.31 bits per heavy atom. The summed E-state index contributed by atoms with van der Waals surface area (Å²) in [6.07, 6.45) is -0.130. The average molecular weight is 436 g/mol. The maximum atomic E-state index is 13.2. The van der Waals surface area contributed by atoms with Crippen molar-refractivity contribution in [1.82, 2.24) is 5.32 Å². The normalized spacial score (nSPS) is 17.1. The lowest BCUT2D eigenvalue weighted by Crippen LogP contribution is -2.28. The standard InChI is InChI=1S/C19H15ClFN3O4S/c1-28-18(27)11-4-2-3-5-14(11)23-16(25)9-15-17(26)24-19(29-15)22-10-6-7-13(21)12(20)8-10/h2-8,15H,9H2,1H3,(H,23,25)(H,22,24,26)/t15-/m0/s1. The van der Waals surface area contributed by atoms with Gasteiger partial charge in [-0.2, -0.15) is 0 Å². The van der Waals surface area contributed by atoms with Crippen LogP contribution in [-0.2, 0) is 14.3 Å². The highest BCUT2D eigenvalue weighted by Crippen LogP contribution is 2.28. The van der Waals surface area contributed by atoms with Gasteiger partial charge in [-0.15, -0.1) is 0 Å². The number of thioether (sulfide) groups is 1. The van der Waals surface area contributed by atoms with E-state index in [2.05, 4.69) is 20.4 Å². The second-order valence-electron chi connectivity index (χ2n) is 5.90. The number of methoxy groups -OCH3 is 1. The molecule has 10 heteroatoms. The predicted octanol–water partition coefficient (Wildman–Crippen LogP) is 3.51. The topological polar surface area (TPSA) is 96.9 Å². The molecule has 2 aromatic rings. The lowest BCUT2D eigenvalue weighted by Gasteiger charge is -2.10. The average Bonchev–Trinajstić information content (AvgIpc) is 3.03. The zero-order chi connectivity index (χ0) is 21.0. The second kappa shape index (κ2) is 9.06. The first-order chi connectivity index (χ1) is 13.9. The number of nitrogens with zero attached hydrogens (tertiary/aromatic N) is 1. The number of aliphatic imine (C=N–C) groups is 1. The van der Waals surface area contributed by atoms with Gasteiger partial charge in [0.1, 0.15) is 11.1 Å². The highest BCUT2D eigenvalue weighted by molar-refractivity contribution is 8.15. The molecule has 1 saturated heterocycles. The Morgan fingerprint density at radius 3 is 2.79 bits per heavy atom. The summed E-state index contributed by atoms with van der Waals surface area (Å²) in [6, 6.07) is 10.3. The lowest BCUT2D eigenvalue weighted by atomic mass is 10.1. The summed E-state index contributed by atoms with van der Waals surface area (Å²) in [5.74, 6) is -1.97. The molecule has 2 N–H and O–H groups in total. The van der Waals surface area contributed by atoms with Crippen molar-refractivity contribution in [2.75, 3.05) is 12.4 Å². The van der Waals surface area contributed by atoms with Crippen LogP contribution >= 0.6 is 23.4 Å². The van der Waals surface area contributed by atoms with Gasteiger partial charge in [-0.05, 0) is 30.3 Å². The van der Waals surface area contributed by atoms with E-state index < -0.39 is 22.9 Å². The summed E-state index contributed by atoms with van der Waals surface area (Å²) in [4.78, 5) is 40.5. The van der Waals surface area contributed by atoms with Crippen molar-refractivity contribution in [3.8, 4) is 0 Å². The van der Waals surface area contributed by atoms with E-state index in [1.165, 1.54) is 31.4 Å². The molecule has 0 unspecified atom stereocenters. The molecule has 1 fully saturated rings. The molecule has 0 aliphatic carbocycles. The van der Waals surface area contributed by atoms with Crippen LogP contribution < -0.4 is 10.6 Å². The molecule has 0 spiro atoms. The lowest BCUT2D eigenvalue weighted by molar-refractivity contribution is -0.122. The van der Waals surface area contributed by atoms with Crippen LogP contribution in [0.1, 0.15) is 16.8 Å². The van der Waals surface area contributed by atoms with Crippen LogP contribution in [0.25, 0.3) is 0 Å². The third kappa shape index (κ3) is 5.12. The Balaban J connectivity index is 1.66. The molecule has 0 radical (unpaired) electrons. The molecule has 0 saturated carbocycles. The van der Waals surface area contributed by atoms with E-state index in [1.807, 2.05) is 0 Å². The monoisotopic (exact) mass is 435 g/mol. The van der Waals surface area contributed by atoms with E-state index in [0.29, 0.717) is 11.4 Å². The van der Waals surface area contributed by atoms with Gasteiger partial charge in [0.2, 0.25) is 11.8 Å². The molecule has 1 aliphatic heterocycles. The smallest absolute Gasteiger partial charge is 0.339 e. The van der Waals surface area contributed by atoms with Crippen molar-refractivity contribution < 1.29 is 23.5 Å². The van der Waals surface area contributed by atoms with Crippen LogP contribution in [0, 0.1) is 5.82 Å². The number of rotatable bonds is 5. The SMILES string of the molecule is COC(=O)c1ccccc1NC(=O)C[C@@H]1SC(=Nc2ccc(F)c(Cl)c2)NC1=O. The molecular weight excluding hydrogens is 421 g/mol. The van der Waals surface area contributed by atoms with Crippen molar-refractivity contribution in [2.45, 2.75) is 11.7 Å². The third-order valence-corrected chi connectivity index (χ3v) is 5.26. The Kier molecular flexibility index (Phi) is 6.50. The summed E-state index contributed by atoms with van der Waals surface area (Å²) >= 11 is 6.80. The quantitative estimate of drug-likeness (QED) is 0.700. The molecule has 2 amide bonds. The third-order valence-electron chi connectivity index (χ3n) is 3.89. The Bertz CT molecular complexity index is 1010. The molecule has 1 heterocycles. The highest BCUT2D eigenvalue weighted by Gasteiger charge is 2.32. The van der Waals surface area contributed by atoms with Crippen molar-refractivity contribution in [1.29, 1.82) is 0 Å². The van der Waals surface area contributed by atoms with Gasteiger partial charge in [0.05, 0.1) is 29.1 Å². The molecule has 0 aromatic heterocycles. The van der Waals surface area contributed by atoms with E-state index in [1.54, 1.807) is 18.2 Å². The molecule has 150 valence electrons. The summed E-state index contributed by atoms with van der Waals surface area (Å²) in [5, 5.41) is 4.70. The van der Waals surface area contributed by atoms with Gasteiger partial charge in [-0.25, -0.2) is 14.2 Å². The number of halogens is 2. The van der Waals surface area contributed by atoms with Gasteiger partial charge in [0.15, 0.2) is 5.17 Å². The number of hydrogen-bond donors (Lipinski definition) is 2. The predicted molar refractivity (Wildman–Crippen MR) is 109 cm³/mol. The van der Waals surface area contributed by atoms with Crippen LogP contribution in [0.4, 0.5) is 15.8 Å². The summed E-state index contributed by atoms with van der Waals surface area (Å²) in [5.41, 5.74) is 0.876. The summed E-state index contributed by atoms with van der Waals surface area (Å²) in [7, 11) is 1.25. The first kappa shape index (κ1) is 20.8. The minimum Gasteiger partial charge on any atom is -0.465 e.